The van der Waals surface area contributed by atoms with Crippen molar-refractivity contribution in [3.05, 3.63) is 71.8 Å². The molecule has 0 aromatic heterocycles. The second kappa shape index (κ2) is 9.47. The van der Waals surface area contributed by atoms with Gasteiger partial charge in [0.1, 0.15) is 0 Å². The van der Waals surface area contributed by atoms with Gasteiger partial charge in [-0.3, -0.25) is 9.59 Å². The fourth-order valence-electron chi connectivity index (χ4n) is 2.30. The normalized spacial score (nSPS) is 11.5. The molecule has 2 aromatic carbocycles. The Balaban J connectivity index is 1.72. The molecule has 2 aromatic rings. The standard InChI is InChI=1S/C19H22N2O3/c1-24-17(16-10-6-3-7-11-16)13-20-19(23)14-21-18(22)12-15-8-4-2-5-9-15/h2-11,17H,12-14H2,1H3,(H,20,23)(H,21,22)/t17-/m1/s1. The highest BCUT2D eigenvalue weighted by atomic mass is 16.5. The molecule has 0 saturated carbocycles. The zero-order chi connectivity index (χ0) is 17.2. The summed E-state index contributed by atoms with van der Waals surface area (Å²) in [7, 11) is 1.60. The van der Waals surface area contributed by atoms with E-state index in [0.717, 1.165) is 11.1 Å². The molecule has 24 heavy (non-hydrogen) atoms. The maximum atomic E-state index is 11.9. The van der Waals surface area contributed by atoms with Crippen molar-refractivity contribution in [1.29, 1.82) is 0 Å². The molecule has 5 nitrogen and oxygen atoms in total. The molecule has 0 bridgehead atoms. The first-order chi connectivity index (χ1) is 11.7. The van der Waals surface area contributed by atoms with Crippen LogP contribution in [0, 0.1) is 0 Å². The summed E-state index contributed by atoms with van der Waals surface area (Å²) in [6, 6.07) is 19.1. The smallest absolute Gasteiger partial charge is 0.239 e. The highest BCUT2D eigenvalue weighted by Gasteiger charge is 2.12. The summed E-state index contributed by atoms with van der Waals surface area (Å²) in [5.74, 6) is -0.419. The third-order valence-corrected chi connectivity index (χ3v) is 3.59. The summed E-state index contributed by atoms with van der Waals surface area (Å²) < 4.78 is 5.39. The number of rotatable bonds is 8. The van der Waals surface area contributed by atoms with E-state index in [2.05, 4.69) is 10.6 Å². The second-order valence-corrected chi connectivity index (χ2v) is 5.38. The molecule has 0 fully saturated rings. The maximum Gasteiger partial charge on any atom is 0.239 e. The molecular formula is C19H22N2O3. The van der Waals surface area contributed by atoms with Crippen molar-refractivity contribution >= 4 is 11.8 Å². The van der Waals surface area contributed by atoms with E-state index in [1.165, 1.54) is 0 Å². The minimum absolute atomic E-state index is 0.0448. The lowest BCUT2D eigenvalue weighted by Crippen LogP contribution is -2.39. The van der Waals surface area contributed by atoms with Crippen LogP contribution in [-0.2, 0) is 20.7 Å². The van der Waals surface area contributed by atoms with Gasteiger partial charge in [0.2, 0.25) is 11.8 Å². The van der Waals surface area contributed by atoms with Crippen LogP contribution in [0.3, 0.4) is 0 Å². The van der Waals surface area contributed by atoms with Crippen molar-refractivity contribution < 1.29 is 14.3 Å². The number of hydrogen-bond acceptors (Lipinski definition) is 3. The third-order valence-electron chi connectivity index (χ3n) is 3.59. The van der Waals surface area contributed by atoms with E-state index in [9.17, 15) is 9.59 Å². The lowest BCUT2D eigenvalue weighted by molar-refractivity contribution is -0.126. The Kier molecular flexibility index (Phi) is 6.98. The fourth-order valence-corrected chi connectivity index (χ4v) is 2.30. The van der Waals surface area contributed by atoms with Crippen LogP contribution in [0.5, 0.6) is 0 Å². The number of carbonyl (C=O) groups is 2. The minimum atomic E-state index is -0.241. The van der Waals surface area contributed by atoms with Crippen molar-refractivity contribution in [2.75, 3.05) is 20.2 Å². The summed E-state index contributed by atoms with van der Waals surface area (Å²) in [6.45, 7) is 0.310. The summed E-state index contributed by atoms with van der Waals surface area (Å²) in [4.78, 5) is 23.7. The molecule has 0 aliphatic heterocycles. The molecule has 0 saturated heterocycles. The molecule has 0 spiro atoms. The summed E-state index contributed by atoms with van der Waals surface area (Å²) >= 11 is 0. The molecule has 0 aliphatic rings. The number of benzene rings is 2. The van der Waals surface area contributed by atoms with Crippen LogP contribution < -0.4 is 10.6 Å². The molecule has 0 unspecified atom stereocenters. The molecule has 1 atom stereocenters. The maximum absolute atomic E-state index is 11.9. The van der Waals surface area contributed by atoms with Gasteiger partial charge in [0.25, 0.3) is 0 Å². The third kappa shape index (κ3) is 5.85. The first kappa shape index (κ1) is 17.7. The second-order valence-electron chi connectivity index (χ2n) is 5.38. The van der Waals surface area contributed by atoms with E-state index in [-0.39, 0.29) is 30.9 Å². The van der Waals surface area contributed by atoms with Gasteiger partial charge in [0, 0.05) is 13.7 Å². The van der Waals surface area contributed by atoms with E-state index in [0.29, 0.717) is 6.54 Å². The van der Waals surface area contributed by atoms with Crippen LogP contribution >= 0.6 is 0 Å². The predicted octanol–water partition coefficient (Wildman–Crippen LogP) is 1.85. The Hall–Kier alpha value is -2.66. The van der Waals surface area contributed by atoms with Gasteiger partial charge in [-0.1, -0.05) is 60.7 Å². The highest BCUT2D eigenvalue weighted by Crippen LogP contribution is 2.14. The summed E-state index contributed by atoms with van der Waals surface area (Å²) in [5.41, 5.74) is 1.91. The van der Waals surface area contributed by atoms with E-state index in [4.69, 9.17) is 4.74 Å². The molecule has 0 aliphatic carbocycles. The van der Waals surface area contributed by atoms with E-state index < -0.39 is 0 Å². The number of carbonyl (C=O) groups excluding carboxylic acids is 2. The van der Waals surface area contributed by atoms with E-state index in [1.807, 2.05) is 60.7 Å². The highest BCUT2D eigenvalue weighted by molar-refractivity contribution is 5.85. The quantitative estimate of drug-likeness (QED) is 0.778. The molecule has 2 N–H and O–H groups in total. The monoisotopic (exact) mass is 326 g/mol. The number of amides is 2. The molecule has 0 heterocycles. The number of ether oxygens (including phenoxy) is 1. The molecule has 0 radical (unpaired) electrons. The summed E-state index contributed by atoms with van der Waals surface area (Å²) in [6.07, 6.45) is 0.0499. The van der Waals surface area contributed by atoms with Gasteiger partial charge in [0.15, 0.2) is 0 Å². The lowest BCUT2D eigenvalue weighted by Gasteiger charge is -2.16. The lowest BCUT2D eigenvalue weighted by atomic mass is 10.1. The Bertz CT molecular complexity index is 644. The van der Waals surface area contributed by atoms with Crippen molar-refractivity contribution in [3.8, 4) is 0 Å². The van der Waals surface area contributed by atoms with Gasteiger partial charge in [-0.25, -0.2) is 0 Å². The molecule has 2 rings (SSSR count). The van der Waals surface area contributed by atoms with Gasteiger partial charge >= 0.3 is 0 Å². The number of hydrogen-bond donors (Lipinski definition) is 2. The Morgan fingerprint density at radius 1 is 0.917 bits per heavy atom. The largest absolute Gasteiger partial charge is 0.375 e. The van der Waals surface area contributed by atoms with Crippen LogP contribution in [0.4, 0.5) is 0 Å². The van der Waals surface area contributed by atoms with Crippen LogP contribution in [-0.4, -0.2) is 32.0 Å². The Labute approximate surface area is 142 Å². The van der Waals surface area contributed by atoms with E-state index in [1.54, 1.807) is 7.11 Å². The van der Waals surface area contributed by atoms with Gasteiger partial charge in [-0.15, -0.1) is 0 Å². The number of nitrogens with one attached hydrogen (secondary N) is 2. The number of methoxy groups -OCH3 is 1. The zero-order valence-electron chi connectivity index (χ0n) is 13.7. The molecular weight excluding hydrogens is 304 g/mol. The van der Waals surface area contributed by atoms with Crippen LogP contribution in [0.2, 0.25) is 0 Å². The Morgan fingerprint density at radius 3 is 2.17 bits per heavy atom. The average Bonchev–Trinajstić information content (AvgIpc) is 2.62. The molecule has 5 heteroatoms. The van der Waals surface area contributed by atoms with Crippen molar-refractivity contribution in [3.63, 3.8) is 0 Å². The van der Waals surface area contributed by atoms with Crippen molar-refractivity contribution in [2.45, 2.75) is 12.5 Å². The van der Waals surface area contributed by atoms with Crippen molar-refractivity contribution in [1.82, 2.24) is 10.6 Å². The topological polar surface area (TPSA) is 67.4 Å². The van der Waals surface area contributed by atoms with Crippen LogP contribution in [0.25, 0.3) is 0 Å². The Morgan fingerprint density at radius 2 is 1.54 bits per heavy atom. The zero-order valence-corrected chi connectivity index (χ0v) is 13.7. The van der Waals surface area contributed by atoms with Crippen LogP contribution in [0.1, 0.15) is 17.2 Å². The van der Waals surface area contributed by atoms with Gasteiger partial charge in [-0.05, 0) is 11.1 Å². The van der Waals surface area contributed by atoms with Gasteiger partial charge in [0.05, 0.1) is 19.1 Å². The van der Waals surface area contributed by atoms with Crippen molar-refractivity contribution in [2.24, 2.45) is 0 Å². The van der Waals surface area contributed by atoms with Crippen LogP contribution in [0.15, 0.2) is 60.7 Å². The fraction of sp³-hybridized carbons (Fsp3) is 0.263. The predicted molar refractivity (Wildman–Crippen MR) is 92.4 cm³/mol. The molecule has 126 valence electrons. The first-order valence-corrected chi connectivity index (χ1v) is 7.84. The SMILES string of the molecule is CO[C@H](CNC(=O)CNC(=O)Cc1ccccc1)c1ccccc1. The van der Waals surface area contributed by atoms with Gasteiger partial charge in [-0.2, -0.15) is 0 Å². The van der Waals surface area contributed by atoms with Gasteiger partial charge < -0.3 is 15.4 Å². The first-order valence-electron chi connectivity index (χ1n) is 7.84. The molecule has 2 amide bonds. The minimum Gasteiger partial charge on any atom is -0.375 e. The average molecular weight is 326 g/mol. The summed E-state index contributed by atoms with van der Waals surface area (Å²) in [5, 5.41) is 5.39. The van der Waals surface area contributed by atoms with E-state index >= 15 is 0 Å².